The van der Waals surface area contributed by atoms with E-state index in [0.29, 0.717) is 12.8 Å². The lowest BCUT2D eigenvalue weighted by atomic mass is 9.86. The van der Waals surface area contributed by atoms with E-state index in [1.165, 1.54) is 102 Å². The molecule has 6 fully saturated rings. The van der Waals surface area contributed by atoms with Crippen LogP contribution in [0.1, 0.15) is 234 Å². The van der Waals surface area contributed by atoms with Gasteiger partial charge < -0.3 is 185 Å². The standard InChI is InChI=1S/C85H149N3O39/c1-6-8-10-12-14-16-18-20-21-23-25-27-29-31-33-35-60(102)88-50(51(98)34-32-30-28-26-24-22-19-17-15-13-11-9-7-2)45-116-79-70(110)68(108)73(58(43-93)119-79)122-81-71(111)77(74(59(44-94)120-81)123-78-49(36-46(3)95)72(65(105)56(41-91)117-78)121-80-69(109)67(107)64(104)55(40-90)118-80)127-85(83(114)115)38-53(100)62(87-48(5)97)76(126-85)66(106)57(42-92)124-84(82(112)113)37-52(99)61(86-47(4)96)75(125-84)63(103)54(101)39-89/h32,34,49-59,61-81,89-94,98-101,103-111H,6-31,33,35-45H2,1-5H3,(H,86,96)(H,87,97)(H,88,102)(H,112,113)(H,114,115). The van der Waals surface area contributed by atoms with Crippen LogP contribution in [0.15, 0.2) is 12.2 Å². The molecule has 127 heavy (non-hydrogen) atoms. The number of carbonyl (C=O) groups excluding carboxylic acids is 4. The van der Waals surface area contributed by atoms with Crippen molar-refractivity contribution < 1.29 is 193 Å². The van der Waals surface area contributed by atoms with Crippen LogP contribution in [0.2, 0.25) is 0 Å². The number of ether oxygens (including phenoxy) is 12. The third kappa shape index (κ3) is 32.7. The fourth-order valence-electron chi connectivity index (χ4n) is 17.2. The van der Waals surface area contributed by atoms with Crippen LogP contribution in [0.5, 0.6) is 0 Å². The molecule has 0 aromatic rings. The highest BCUT2D eigenvalue weighted by Crippen LogP contribution is 2.44. The van der Waals surface area contributed by atoms with E-state index >= 15 is 0 Å². The van der Waals surface area contributed by atoms with Crippen LogP contribution < -0.4 is 16.0 Å². The third-order valence-electron chi connectivity index (χ3n) is 24.4. The summed E-state index contributed by atoms with van der Waals surface area (Å²) in [4.78, 5) is 80.5. The van der Waals surface area contributed by atoms with Gasteiger partial charge in [0, 0.05) is 45.4 Å². The van der Waals surface area contributed by atoms with Gasteiger partial charge in [-0.1, -0.05) is 180 Å². The minimum absolute atomic E-state index is 0.0884. The smallest absolute Gasteiger partial charge is 0.364 e. The molecule has 6 heterocycles. The molecule has 0 spiro atoms. The van der Waals surface area contributed by atoms with Gasteiger partial charge in [-0.15, -0.1) is 0 Å². The average Bonchev–Trinajstić information content (AvgIpc) is 0.742. The molecule has 0 aromatic carbocycles. The monoisotopic (exact) mass is 1840 g/mol. The summed E-state index contributed by atoms with van der Waals surface area (Å²) in [6.45, 7) is -0.794. The first-order chi connectivity index (χ1) is 60.6. The minimum Gasteiger partial charge on any atom is -0.477 e. The highest BCUT2D eigenvalue weighted by atomic mass is 16.8. The van der Waals surface area contributed by atoms with Gasteiger partial charge in [0.25, 0.3) is 11.6 Å². The van der Waals surface area contributed by atoms with Crippen molar-refractivity contribution in [2.75, 3.05) is 46.2 Å². The zero-order valence-corrected chi connectivity index (χ0v) is 73.7. The minimum atomic E-state index is -3.68. The highest BCUT2D eigenvalue weighted by Gasteiger charge is 2.64. The number of Topliss-reactive ketones (excluding diaryl/α,β-unsaturated/α-hetero) is 1. The second-order valence-electron chi connectivity index (χ2n) is 34.6. The molecule has 0 radical (unpaired) electrons. The fraction of sp³-hybridized carbons (Fsp3) is 0.906. The van der Waals surface area contributed by atoms with Gasteiger partial charge >= 0.3 is 11.9 Å². The van der Waals surface area contributed by atoms with Crippen LogP contribution in [-0.2, 0) is 85.6 Å². The Morgan fingerprint density at radius 1 is 0.449 bits per heavy atom. The Morgan fingerprint density at radius 2 is 0.874 bits per heavy atom. The maximum absolute atomic E-state index is 14.4. The molecule has 0 aliphatic carbocycles. The van der Waals surface area contributed by atoms with E-state index in [0.717, 1.165) is 85.0 Å². The van der Waals surface area contributed by atoms with E-state index in [1.54, 1.807) is 6.08 Å². The molecule has 42 nitrogen and oxygen atoms in total. The first-order valence-corrected chi connectivity index (χ1v) is 45.4. The van der Waals surface area contributed by atoms with Gasteiger partial charge in [-0.25, -0.2) is 9.59 Å². The molecule has 24 N–H and O–H groups in total. The van der Waals surface area contributed by atoms with Gasteiger partial charge in [0.2, 0.25) is 17.7 Å². The van der Waals surface area contributed by atoms with Crippen molar-refractivity contribution in [1.82, 2.24) is 16.0 Å². The summed E-state index contributed by atoms with van der Waals surface area (Å²) < 4.78 is 72.5. The van der Waals surface area contributed by atoms with Gasteiger partial charge in [0.05, 0.1) is 88.8 Å². The van der Waals surface area contributed by atoms with Crippen molar-refractivity contribution in [3.63, 3.8) is 0 Å². The molecule has 6 saturated heterocycles. The van der Waals surface area contributed by atoms with Gasteiger partial charge in [-0.3, -0.25) is 14.4 Å². The molecule has 6 aliphatic heterocycles. The van der Waals surface area contributed by atoms with Gasteiger partial charge in [-0.2, -0.15) is 0 Å². The Morgan fingerprint density at radius 3 is 1.36 bits per heavy atom. The van der Waals surface area contributed by atoms with E-state index in [4.69, 9.17) is 56.8 Å². The van der Waals surface area contributed by atoms with Gasteiger partial charge in [0.1, 0.15) is 128 Å². The van der Waals surface area contributed by atoms with E-state index in [2.05, 4.69) is 29.8 Å². The van der Waals surface area contributed by atoms with E-state index in [9.17, 15) is 136 Å². The summed E-state index contributed by atoms with van der Waals surface area (Å²) >= 11 is 0. The summed E-state index contributed by atoms with van der Waals surface area (Å²) in [7, 11) is 0. The van der Waals surface area contributed by atoms with Crippen molar-refractivity contribution in [1.29, 1.82) is 0 Å². The molecule has 34 unspecified atom stereocenters. The largest absolute Gasteiger partial charge is 0.477 e. The molecule has 6 rings (SSSR count). The average molecular weight is 1840 g/mol. The predicted octanol–water partition coefficient (Wildman–Crippen LogP) is -2.78. The number of aliphatic hydroxyl groups is 19. The molecule has 0 aromatic heterocycles. The number of aliphatic carboxylic acids is 2. The van der Waals surface area contributed by atoms with Crippen molar-refractivity contribution in [3.05, 3.63) is 12.2 Å². The summed E-state index contributed by atoms with van der Waals surface area (Å²) in [6.07, 6.45) is -32.2. The quantitative estimate of drug-likeness (QED) is 0.0216. The van der Waals surface area contributed by atoms with E-state index < -0.39 is 308 Å². The van der Waals surface area contributed by atoms with Crippen LogP contribution in [-0.4, -0.2) is 390 Å². The number of ketones is 1. The third-order valence-corrected chi connectivity index (χ3v) is 24.4. The molecule has 6 aliphatic rings. The van der Waals surface area contributed by atoms with Gasteiger partial charge in [0.15, 0.2) is 25.2 Å². The second kappa shape index (κ2) is 56.6. The van der Waals surface area contributed by atoms with Crippen molar-refractivity contribution in [2.45, 2.75) is 435 Å². The summed E-state index contributed by atoms with van der Waals surface area (Å²) in [6, 6.07) is -5.10. The Kier molecular flexibility index (Phi) is 49.6. The SMILES string of the molecule is CCCCCCCCCCCCCC=CC(O)C(COC1OC(CO)C(OC2OC(CO)C(OC3OC(CO)C(O)C(OC4OC(CO)C(O)C(O)C4O)C3CC(C)=O)C(OC3(C(=O)O)CC(O)C(NC(C)=O)C(C(O)C(CO)OC4(C(=O)O)CC(O)C(NC(C)=O)C(C(O)C(O)CO)O4)O3)C2O)C(O)C1O)NC(=O)CCCCCCCCCCCCCCCCC. The molecule has 3 amide bonds. The number of carboxylic acids is 2. The highest BCUT2D eigenvalue weighted by molar-refractivity contribution is 5.78. The summed E-state index contributed by atoms with van der Waals surface area (Å²) in [5.41, 5.74) is 0. The number of nitrogens with one attached hydrogen (secondary N) is 3. The van der Waals surface area contributed by atoms with Crippen LogP contribution >= 0.6 is 0 Å². The molecular formula is C85H149N3O39. The molecule has 0 saturated carbocycles. The lowest BCUT2D eigenvalue weighted by molar-refractivity contribution is -0.407. The topological polar surface area (TPSA) is 674 Å². The van der Waals surface area contributed by atoms with Crippen molar-refractivity contribution >= 4 is 35.4 Å². The number of rotatable bonds is 60. The molecule has 42 heteroatoms. The van der Waals surface area contributed by atoms with E-state index in [-0.39, 0.29) is 6.42 Å². The van der Waals surface area contributed by atoms with Crippen molar-refractivity contribution in [2.24, 2.45) is 5.92 Å². The Hall–Kier alpha value is -4.48. The molecular weight excluding hydrogens is 1690 g/mol. The van der Waals surface area contributed by atoms with Crippen LogP contribution in [0.25, 0.3) is 0 Å². The Balaban J connectivity index is 1.33. The summed E-state index contributed by atoms with van der Waals surface area (Å²) in [5.74, 6) is -16.5. The molecule has 738 valence electrons. The first kappa shape index (κ1) is 111. The first-order valence-electron chi connectivity index (χ1n) is 45.4. The second-order valence-corrected chi connectivity index (χ2v) is 34.6. The van der Waals surface area contributed by atoms with Crippen molar-refractivity contribution in [3.8, 4) is 0 Å². The number of carbonyl (C=O) groups is 6. The van der Waals surface area contributed by atoms with Crippen LogP contribution in [0.3, 0.4) is 0 Å². The van der Waals surface area contributed by atoms with Crippen LogP contribution in [0.4, 0.5) is 0 Å². The number of unbranched alkanes of at least 4 members (excludes halogenated alkanes) is 25. The molecule has 34 atom stereocenters. The fourth-order valence-corrected chi connectivity index (χ4v) is 17.2. The zero-order chi connectivity index (χ0) is 93.8. The van der Waals surface area contributed by atoms with E-state index in [1.807, 2.05) is 0 Å². The maximum Gasteiger partial charge on any atom is 0.364 e. The number of carboxylic acid groups (broad SMARTS) is 2. The Bertz CT molecular complexity index is 3190. The Labute approximate surface area is 740 Å². The van der Waals surface area contributed by atoms with Gasteiger partial charge in [-0.05, 0) is 26.2 Å². The maximum atomic E-state index is 14.4. The number of amides is 3. The number of allylic oxidation sites excluding steroid dienone is 1. The lowest BCUT2D eigenvalue weighted by Gasteiger charge is -2.53. The number of aliphatic hydroxyl groups excluding tert-OH is 19. The van der Waals surface area contributed by atoms with Crippen LogP contribution in [0, 0.1) is 5.92 Å². The normalized spacial score (nSPS) is 35.1. The lowest BCUT2D eigenvalue weighted by Crippen LogP contribution is -2.72. The number of hydrogen-bond donors (Lipinski definition) is 24. The zero-order valence-electron chi connectivity index (χ0n) is 73.7. The summed E-state index contributed by atoms with van der Waals surface area (Å²) in [5, 5.41) is 245. The predicted molar refractivity (Wildman–Crippen MR) is 441 cm³/mol. The number of hydrogen-bond acceptors (Lipinski definition) is 37. The molecule has 0 bridgehead atoms.